The van der Waals surface area contributed by atoms with Gasteiger partial charge in [0.15, 0.2) is 0 Å². The van der Waals surface area contributed by atoms with E-state index in [4.69, 9.17) is 0 Å². The molecule has 0 bridgehead atoms. The summed E-state index contributed by atoms with van der Waals surface area (Å²) < 4.78 is 1.82. The van der Waals surface area contributed by atoms with Gasteiger partial charge in [-0.05, 0) is 25.1 Å². The van der Waals surface area contributed by atoms with E-state index in [1.807, 2.05) is 65.8 Å². The quantitative estimate of drug-likeness (QED) is 0.477. The second kappa shape index (κ2) is 8.41. The summed E-state index contributed by atoms with van der Waals surface area (Å²) >= 11 is 1.57. The molecule has 0 spiro atoms. The molecule has 0 aliphatic rings. The molecule has 29 heavy (non-hydrogen) atoms. The van der Waals surface area contributed by atoms with Crippen LogP contribution in [0.25, 0.3) is 16.3 Å². The van der Waals surface area contributed by atoms with E-state index in [0.717, 1.165) is 27.5 Å². The topological polar surface area (TPSA) is 51.0 Å². The van der Waals surface area contributed by atoms with Crippen molar-refractivity contribution >= 4 is 17.2 Å². The first-order chi connectivity index (χ1) is 14.1. The van der Waals surface area contributed by atoms with Crippen molar-refractivity contribution < 1.29 is 4.79 Å². The van der Waals surface area contributed by atoms with E-state index in [9.17, 15) is 4.79 Å². The van der Waals surface area contributed by atoms with Crippen LogP contribution in [-0.2, 0) is 17.8 Å². The monoisotopic (exact) mass is 402 g/mol. The number of thiazole rings is 1. The van der Waals surface area contributed by atoms with Crippen molar-refractivity contribution in [2.75, 3.05) is 7.05 Å². The van der Waals surface area contributed by atoms with Gasteiger partial charge in [0.05, 0.1) is 24.0 Å². The third kappa shape index (κ3) is 4.60. The van der Waals surface area contributed by atoms with Crippen LogP contribution in [0.5, 0.6) is 0 Å². The fraction of sp³-hybridized carbons (Fsp3) is 0.174. The Morgan fingerprint density at radius 1 is 1.14 bits per heavy atom. The van der Waals surface area contributed by atoms with Gasteiger partial charge >= 0.3 is 0 Å². The summed E-state index contributed by atoms with van der Waals surface area (Å²) in [4.78, 5) is 19.0. The number of nitrogens with zero attached hydrogens (tertiary/aromatic N) is 4. The molecule has 1 amide bonds. The van der Waals surface area contributed by atoms with Gasteiger partial charge in [-0.1, -0.05) is 42.0 Å². The molecule has 2 heterocycles. The van der Waals surface area contributed by atoms with Crippen LogP contribution >= 0.6 is 11.3 Å². The maximum Gasteiger partial charge on any atom is 0.228 e. The van der Waals surface area contributed by atoms with E-state index in [0.29, 0.717) is 13.0 Å². The first-order valence-corrected chi connectivity index (χ1v) is 10.3. The number of para-hydroxylation sites is 1. The molecule has 0 aliphatic carbocycles. The molecule has 4 aromatic rings. The highest BCUT2D eigenvalue weighted by atomic mass is 32.1. The van der Waals surface area contributed by atoms with Crippen LogP contribution in [0, 0.1) is 6.92 Å². The molecule has 0 fully saturated rings. The number of aryl methyl sites for hydroxylation is 1. The lowest BCUT2D eigenvalue weighted by Crippen LogP contribution is -2.27. The number of carbonyl (C=O) groups excluding carboxylic acids is 1. The van der Waals surface area contributed by atoms with Crippen LogP contribution < -0.4 is 0 Å². The minimum Gasteiger partial charge on any atom is -0.341 e. The molecule has 2 aromatic heterocycles. The minimum atomic E-state index is 0.0403. The van der Waals surface area contributed by atoms with Gasteiger partial charge in [-0.2, -0.15) is 5.10 Å². The fourth-order valence-corrected chi connectivity index (χ4v) is 3.93. The summed E-state index contributed by atoms with van der Waals surface area (Å²) in [7, 11) is 1.82. The number of carbonyl (C=O) groups is 1. The van der Waals surface area contributed by atoms with E-state index < -0.39 is 0 Å². The van der Waals surface area contributed by atoms with Crippen molar-refractivity contribution in [2.24, 2.45) is 0 Å². The zero-order chi connectivity index (χ0) is 20.2. The van der Waals surface area contributed by atoms with Crippen molar-refractivity contribution in [1.29, 1.82) is 0 Å². The molecular weight excluding hydrogens is 380 g/mol. The zero-order valence-corrected chi connectivity index (χ0v) is 17.3. The SMILES string of the molecule is Cc1cccc(-c2nc(CC(=O)N(C)Cc3cnn(-c4ccccc4)c3)cs2)c1. The van der Waals surface area contributed by atoms with E-state index in [-0.39, 0.29) is 5.91 Å². The molecular formula is C23H22N4OS. The average Bonchev–Trinajstić information content (AvgIpc) is 3.38. The van der Waals surface area contributed by atoms with Gasteiger partial charge in [0.2, 0.25) is 5.91 Å². The number of benzene rings is 2. The molecule has 6 heteroatoms. The zero-order valence-electron chi connectivity index (χ0n) is 16.4. The summed E-state index contributed by atoms with van der Waals surface area (Å²) in [6.45, 7) is 2.58. The Morgan fingerprint density at radius 3 is 2.76 bits per heavy atom. The number of rotatable bonds is 6. The third-order valence-electron chi connectivity index (χ3n) is 4.65. The third-order valence-corrected chi connectivity index (χ3v) is 5.59. The smallest absolute Gasteiger partial charge is 0.228 e. The van der Waals surface area contributed by atoms with Crippen LogP contribution in [-0.4, -0.2) is 32.6 Å². The van der Waals surface area contributed by atoms with Crippen LogP contribution in [0.3, 0.4) is 0 Å². The first kappa shape index (κ1) is 19.1. The van der Waals surface area contributed by atoms with Gasteiger partial charge in [0, 0.05) is 36.3 Å². The number of hydrogen-bond donors (Lipinski definition) is 0. The molecule has 0 saturated carbocycles. The van der Waals surface area contributed by atoms with Crippen molar-refractivity contribution in [3.05, 3.63) is 89.2 Å². The molecule has 0 atom stereocenters. The molecule has 0 radical (unpaired) electrons. The predicted octanol–water partition coefficient (Wildman–Crippen LogP) is 4.51. The lowest BCUT2D eigenvalue weighted by molar-refractivity contribution is -0.129. The lowest BCUT2D eigenvalue weighted by Gasteiger charge is -2.15. The highest BCUT2D eigenvalue weighted by Gasteiger charge is 2.14. The van der Waals surface area contributed by atoms with Gasteiger partial charge in [0.25, 0.3) is 0 Å². The Kier molecular flexibility index (Phi) is 5.53. The average molecular weight is 403 g/mol. The van der Waals surface area contributed by atoms with Crippen molar-refractivity contribution in [2.45, 2.75) is 19.9 Å². The van der Waals surface area contributed by atoms with Crippen LogP contribution in [0.1, 0.15) is 16.8 Å². The first-order valence-electron chi connectivity index (χ1n) is 9.43. The van der Waals surface area contributed by atoms with E-state index in [1.165, 1.54) is 5.56 Å². The van der Waals surface area contributed by atoms with Gasteiger partial charge in [0.1, 0.15) is 5.01 Å². The minimum absolute atomic E-state index is 0.0403. The molecule has 5 nitrogen and oxygen atoms in total. The lowest BCUT2D eigenvalue weighted by atomic mass is 10.1. The maximum absolute atomic E-state index is 12.7. The summed E-state index contributed by atoms with van der Waals surface area (Å²) in [5.41, 5.74) is 5.09. The maximum atomic E-state index is 12.7. The normalized spacial score (nSPS) is 10.8. The van der Waals surface area contributed by atoms with Gasteiger partial charge in [-0.25, -0.2) is 9.67 Å². The summed E-state index contributed by atoms with van der Waals surface area (Å²) in [5.74, 6) is 0.0403. The second-order valence-corrected chi connectivity index (χ2v) is 7.93. The molecule has 146 valence electrons. The Hall–Kier alpha value is -3.25. The molecule has 4 rings (SSSR count). The summed E-state index contributed by atoms with van der Waals surface area (Å²) in [6, 6.07) is 18.2. The number of likely N-dealkylation sites (N-methyl/N-ethyl adjacent to an activating group) is 1. The van der Waals surface area contributed by atoms with E-state index in [2.05, 4.69) is 29.1 Å². The second-order valence-electron chi connectivity index (χ2n) is 7.07. The molecule has 0 unspecified atom stereocenters. The Bertz CT molecular complexity index is 1120. The molecule has 2 aromatic carbocycles. The Balaban J connectivity index is 1.38. The number of hydrogen-bond acceptors (Lipinski definition) is 4. The van der Waals surface area contributed by atoms with Crippen LogP contribution in [0.15, 0.2) is 72.4 Å². The fourth-order valence-electron chi connectivity index (χ4n) is 3.11. The summed E-state index contributed by atoms with van der Waals surface area (Å²) in [6.07, 6.45) is 4.05. The van der Waals surface area contributed by atoms with E-state index in [1.54, 1.807) is 22.4 Å². The largest absolute Gasteiger partial charge is 0.341 e. The number of aromatic nitrogens is 3. The van der Waals surface area contributed by atoms with Crippen molar-refractivity contribution in [3.63, 3.8) is 0 Å². The van der Waals surface area contributed by atoms with Crippen molar-refractivity contribution in [1.82, 2.24) is 19.7 Å². The van der Waals surface area contributed by atoms with Crippen LogP contribution in [0.2, 0.25) is 0 Å². The highest BCUT2D eigenvalue weighted by molar-refractivity contribution is 7.13. The summed E-state index contributed by atoms with van der Waals surface area (Å²) in [5, 5.41) is 7.31. The Labute approximate surface area is 174 Å². The molecule has 0 N–H and O–H groups in total. The van der Waals surface area contributed by atoms with Gasteiger partial charge in [-0.3, -0.25) is 4.79 Å². The Morgan fingerprint density at radius 2 is 1.97 bits per heavy atom. The number of amides is 1. The van der Waals surface area contributed by atoms with Gasteiger partial charge in [-0.15, -0.1) is 11.3 Å². The van der Waals surface area contributed by atoms with Crippen molar-refractivity contribution in [3.8, 4) is 16.3 Å². The predicted molar refractivity (Wildman–Crippen MR) is 116 cm³/mol. The molecule has 0 aliphatic heterocycles. The van der Waals surface area contributed by atoms with Gasteiger partial charge < -0.3 is 4.90 Å². The highest BCUT2D eigenvalue weighted by Crippen LogP contribution is 2.24. The molecule has 0 saturated heterocycles. The standard InChI is InChI=1S/C23H22N4OS/c1-17-7-6-8-19(11-17)23-25-20(16-29-23)12-22(28)26(2)14-18-13-24-27(15-18)21-9-4-3-5-10-21/h3-11,13,15-16H,12,14H2,1-2H3. The van der Waals surface area contributed by atoms with E-state index >= 15 is 0 Å². The van der Waals surface area contributed by atoms with Crippen LogP contribution in [0.4, 0.5) is 0 Å².